The fourth-order valence-electron chi connectivity index (χ4n) is 0.934. The molecular formula is C9H9Br3. The van der Waals surface area contributed by atoms with E-state index in [2.05, 4.69) is 72.1 Å². The van der Waals surface area contributed by atoms with E-state index >= 15 is 0 Å². The van der Waals surface area contributed by atoms with E-state index < -0.39 is 0 Å². The molecule has 1 aromatic rings. The largest absolute Gasteiger partial charge is 0.0928 e. The maximum Gasteiger partial charge on any atom is 0.0403 e. The van der Waals surface area contributed by atoms with Gasteiger partial charge in [-0.05, 0) is 24.1 Å². The van der Waals surface area contributed by atoms with Crippen LogP contribution in [0.4, 0.5) is 0 Å². The molecule has 66 valence electrons. The van der Waals surface area contributed by atoms with Crippen molar-refractivity contribution in [3.05, 3.63) is 34.3 Å². The molecule has 0 saturated heterocycles. The van der Waals surface area contributed by atoms with Crippen LogP contribution in [-0.4, -0.2) is 5.33 Å². The number of halogens is 3. The number of alkyl halides is 2. The van der Waals surface area contributed by atoms with Crippen molar-refractivity contribution in [3.63, 3.8) is 0 Å². The van der Waals surface area contributed by atoms with Crippen molar-refractivity contribution in [2.45, 2.75) is 11.2 Å². The summed E-state index contributed by atoms with van der Waals surface area (Å²) in [6.45, 7) is 0. The first-order chi connectivity index (χ1) is 5.74. The van der Waals surface area contributed by atoms with Crippen LogP contribution in [0.15, 0.2) is 28.7 Å². The monoisotopic (exact) mass is 354 g/mol. The first-order valence-corrected chi connectivity index (χ1v) is 6.52. The summed E-state index contributed by atoms with van der Waals surface area (Å²) in [5, 5.41) is 1.03. The van der Waals surface area contributed by atoms with Crippen LogP contribution < -0.4 is 0 Å². The average Bonchev–Trinajstić information content (AvgIpc) is 2.06. The summed E-state index contributed by atoms with van der Waals surface area (Å²) < 4.78 is 1.13. The zero-order valence-corrected chi connectivity index (χ0v) is 11.2. The highest BCUT2D eigenvalue weighted by Crippen LogP contribution is 2.27. The Kier molecular flexibility index (Phi) is 4.84. The predicted molar refractivity (Wildman–Crippen MR) is 64.2 cm³/mol. The zero-order chi connectivity index (χ0) is 8.97. The third kappa shape index (κ3) is 3.19. The Morgan fingerprint density at radius 2 is 1.75 bits per heavy atom. The molecular weight excluding hydrogens is 348 g/mol. The second-order valence-electron chi connectivity index (χ2n) is 2.50. The quantitative estimate of drug-likeness (QED) is 0.690. The van der Waals surface area contributed by atoms with Gasteiger partial charge >= 0.3 is 0 Å². The normalized spacial score (nSPS) is 12.9. The summed E-state index contributed by atoms with van der Waals surface area (Å²) in [4.78, 5) is 0.463. The van der Waals surface area contributed by atoms with Crippen molar-refractivity contribution in [1.29, 1.82) is 0 Å². The van der Waals surface area contributed by atoms with Crippen molar-refractivity contribution >= 4 is 47.8 Å². The lowest BCUT2D eigenvalue weighted by molar-refractivity contribution is 0.928. The topological polar surface area (TPSA) is 0 Å². The van der Waals surface area contributed by atoms with Gasteiger partial charge in [0.15, 0.2) is 0 Å². The number of benzene rings is 1. The number of hydrogen-bond donors (Lipinski definition) is 0. The predicted octanol–water partition coefficient (Wildman–Crippen LogP) is 4.67. The molecule has 0 fully saturated rings. The Balaban J connectivity index is 2.68. The highest BCUT2D eigenvalue weighted by Gasteiger charge is 2.04. The van der Waals surface area contributed by atoms with E-state index in [0.717, 1.165) is 16.2 Å². The van der Waals surface area contributed by atoms with Gasteiger partial charge < -0.3 is 0 Å². The van der Waals surface area contributed by atoms with Gasteiger partial charge in [0, 0.05) is 14.6 Å². The zero-order valence-electron chi connectivity index (χ0n) is 6.43. The molecule has 0 aliphatic heterocycles. The molecule has 0 N–H and O–H groups in total. The highest BCUT2D eigenvalue weighted by atomic mass is 79.9. The van der Waals surface area contributed by atoms with Gasteiger partial charge in [0.2, 0.25) is 0 Å². The lowest BCUT2D eigenvalue weighted by Gasteiger charge is -2.07. The molecule has 0 spiro atoms. The molecule has 1 rings (SSSR count). The summed E-state index contributed by atoms with van der Waals surface area (Å²) in [5.41, 5.74) is 1.33. The third-order valence-corrected chi connectivity index (χ3v) is 3.57. The average molecular weight is 357 g/mol. The molecule has 0 aliphatic carbocycles. The Labute approximate surface area is 98.1 Å². The van der Waals surface area contributed by atoms with Crippen LogP contribution in [-0.2, 0) is 0 Å². The van der Waals surface area contributed by atoms with Crippen LogP contribution in [0.3, 0.4) is 0 Å². The molecule has 12 heavy (non-hydrogen) atoms. The van der Waals surface area contributed by atoms with E-state index in [1.807, 2.05) is 0 Å². The third-order valence-electron chi connectivity index (χ3n) is 1.59. The Hall–Kier alpha value is 0.660. The van der Waals surface area contributed by atoms with E-state index in [-0.39, 0.29) is 0 Å². The van der Waals surface area contributed by atoms with E-state index in [9.17, 15) is 0 Å². The number of rotatable bonds is 3. The van der Waals surface area contributed by atoms with Crippen molar-refractivity contribution in [2.75, 3.05) is 5.33 Å². The van der Waals surface area contributed by atoms with Gasteiger partial charge in [-0.2, -0.15) is 0 Å². The molecule has 1 aromatic carbocycles. The minimum atomic E-state index is 0.463. The van der Waals surface area contributed by atoms with Crippen LogP contribution in [0.5, 0.6) is 0 Å². The molecule has 0 unspecified atom stereocenters. The fraction of sp³-hybridized carbons (Fsp3) is 0.333. The maximum absolute atomic E-state index is 3.63. The van der Waals surface area contributed by atoms with Crippen LogP contribution in [0.1, 0.15) is 16.8 Å². The second-order valence-corrected chi connectivity index (χ2v) is 5.31. The first-order valence-electron chi connectivity index (χ1n) is 3.69. The van der Waals surface area contributed by atoms with Crippen LogP contribution in [0.2, 0.25) is 0 Å². The van der Waals surface area contributed by atoms with Gasteiger partial charge in [0.1, 0.15) is 0 Å². The molecule has 0 bridgehead atoms. The van der Waals surface area contributed by atoms with Crippen molar-refractivity contribution in [3.8, 4) is 0 Å². The molecule has 3 heteroatoms. The van der Waals surface area contributed by atoms with Crippen LogP contribution >= 0.6 is 47.8 Å². The van der Waals surface area contributed by atoms with Gasteiger partial charge in [-0.3, -0.25) is 0 Å². The lowest BCUT2D eigenvalue weighted by atomic mass is 10.1. The maximum atomic E-state index is 3.63. The minimum Gasteiger partial charge on any atom is -0.0928 e. The Bertz CT molecular complexity index is 230. The van der Waals surface area contributed by atoms with E-state index in [4.69, 9.17) is 0 Å². The summed E-state index contributed by atoms with van der Waals surface area (Å²) >= 11 is 10.5. The first kappa shape index (κ1) is 10.7. The highest BCUT2D eigenvalue weighted by molar-refractivity contribution is 9.10. The smallest absolute Gasteiger partial charge is 0.0403 e. The fourth-order valence-corrected chi connectivity index (χ4v) is 2.80. The van der Waals surface area contributed by atoms with Crippen molar-refractivity contribution in [1.82, 2.24) is 0 Å². The van der Waals surface area contributed by atoms with Crippen LogP contribution in [0.25, 0.3) is 0 Å². The molecule has 0 aliphatic rings. The van der Waals surface area contributed by atoms with E-state index in [0.29, 0.717) is 4.83 Å². The van der Waals surface area contributed by atoms with Crippen molar-refractivity contribution in [2.24, 2.45) is 0 Å². The molecule has 0 amide bonds. The summed E-state index contributed by atoms with van der Waals surface area (Å²) in [6, 6.07) is 8.40. The molecule has 0 heterocycles. The Morgan fingerprint density at radius 1 is 1.17 bits per heavy atom. The van der Waals surface area contributed by atoms with Crippen LogP contribution in [0, 0.1) is 0 Å². The molecule has 0 aromatic heterocycles. The van der Waals surface area contributed by atoms with Gasteiger partial charge in [-0.1, -0.05) is 59.9 Å². The Morgan fingerprint density at radius 3 is 2.25 bits per heavy atom. The summed E-state index contributed by atoms with van der Waals surface area (Å²) in [6.07, 6.45) is 1.11. The summed E-state index contributed by atoms with van der Waals surface area (Å²) in [7, 11) is 0. The molecule has 0 nitrogen and oxygen atoms in total. The van der Waals surface area contributed by atoms with Gasteiger partial charge in [0.25, 0.3) is 0 Å². The van der Waals surface area contributed by atoms with Gasteiger partial charge in [-0.15, -0.1) is 0 Å². The van der Waals surface area contributed by atoms with Gasteiger partial charge in [0.05, 0.1) is 0 Å². The van der Waals surface area contributed by atoms with E-state index in [1.54, 1.807) is 0 Å². The van der Waals surface area contributed by atoms with Gasteiger partial charge in [-0.25, -0.2) is 0 Å². The molecule has 0 radical (unpaired) electrons. The molecule has 0 saturated carbocycles. The molecule has 1 atom stereocenters. The minimum absolute atomic E-state index is 0.463. The summed E-state index contributed by atoms with van der Waals surface area (Å²) in [5.74, 6) is 0. The lowest BCUT2D eigenvalue weighted by Crippen LogP contribution is -1.89. The standard InChI is InChI=1S/C9H9Br3/c10-6-5-9(12)7-1-3-8(11)4-2-7/h1-4,9H,5-6H2/t9-/m0/s1. The second kappa shape index (κ2) is 5.40. The van der Waals surface area contributed by atoms with Crippen molar-refractivity contribution < 1.29 is 0 Å². The SMILES string of the molecule is BrCC[C@H](Br)c1ccc(Br)cc1. The van der Waals surface area contributed by atoms with E-state index in [1.165, 1.54) is 5.56 Å². The number of hydrogen-bond acceptors (Lipinski definition) is 0.